The van der Waals surface area contributed by atoms with Gasteiger partial charge in [0.05, 0.1) is 18.0 Å². The minimum absolute atomic E-state index is 0.00288. The third kappa shape index (κ3) is 4.36. The van der Waals surface area contributed by atoms with E-state index >= 15 is 0 Å². The van der Waals surface area contributed by atoms with Gasteiger partial charge in [-0.05, 0) is 55.2 Å². The third-order valence-corrected chi connectivity index (χ3v) is 7.14. The summed E-state index contributed by atoms with van der Waals surface area (Å²) in [4.78, 5) is 33.8. The van der Waals surface area contributed by atoms with Crippen molar-refractivity contribution in [3.63, 3.8) is 0 Å². The Morgan fingerprint density at radius 3 is 2.48 bits per heavy atom. The second-order valence-electron chi connectivity index (χ2n) is 9.65. The number of hydrogen-bond donors (Lipinski definition) is 1. The number of anilines is 1. The zero-order valence-corrected chi connectivity index (χ0v) is 19.6. The lowest BCUT2D eigenvalue weighted by molar-refractivity contribution is -0.131. The first-order valence-corrected chi connectivity index (χ1v) is 11.4. The quantitative estimate of drug-likeness (QED) is 0.735. The van der Waals surface area contributed by atoms with E-state index in [-0.39, 0.29) is 41.5 Å². The van der Waals surface area contributed by atoms with Crippen LogP contribution in [0.3, 0.4) is 0 Å². The van der Waals surface area contributed by atoms with E-state index in [0.29, 0.717) is 19.4 Å². The molecule has 2 aromatic carbocycles. The molecule has 0 bridgehead atoms. The Balaban J connectivity index is 1.57. The Bertz CT molecular complexity index is 1110. The van der Waals surface area contributed by atoms with Gasteiger partial charge in [-0.1, -0.05) is 38.1 Å². The molecule has 7 heteroatoms. The molecule has 33 heavy (non-hydrogen) atoms. The van der Waals surface area contributed by atoms with Crippen LogP contribution in [0.2, 0.25) is 0 Å². The Morgan fingerprint density at radius 2 is 1.82 bits per heavy atom. The van der Waals surface area contributed by atoms with Crippen LogP contribution in [-0.2, 0) is 9.59 Å². The fraction of sp³-hybridized carbons (Fsp3) is 0.423. The van der Waals surface area contributed by atoms with Crippen LogP contribution in [-0.4, -0.2) is 34.8 Å². The molecule has 2 amide bonds. The predicted octanol–water partition coefficient (Wildman–Crippen LogP) is 4.37. The van der Waals surface area contributed by atoms with E-state index in [9.17, 15) is 14.0 Å². The van der Waals surface area contributed by atoms with E-state index < -0.39 is 5.54 Å². The number of rotatable bonds is 5. The zero-order chi connectivity index (χ0) is 23.9. The zero-order valence-electron chi connectivity index (χ0n) is 19.6. The van der Waals surface area contributed by atoms with Crippen LogP contribution in [0.5, 0.6) is 0 Å². The number of benzene rings is 2. The maximum Gasteiger partial charge on any atom is 0.232 e. The highest BCUT2D eigenvalue weighted by atomic mass is 19.1. The van der Waals surface area contributed by atoms with Gasteiger partial charge in [-0.25, -0.2) is 9.38 Å². The Labute approximate surface area is 194 Å². The molecule has 4 rings (SSSR count). The monoisotopic (exact) mass is 450 g/mol. The van der Waals surface area contributed by atoms with Crippen molar-refractivity contribution in [1.82, 2.24) is 4.90 Å². The van der Waals surface area contributed by atoms with Crippen molar-refractivity contribution in [2.45, 2.75) is 58.0 Å². The molecule has 174 valence electrons. The highest BCUT2D eigenvalue weighted by Gasteiger charge is 2.40. The maximum atomic E-state index is 13.7. The van der Waals surface area contributed by atoms with Gasteiger partial charge in [0, 0.05) is 24.6 Å². The fourth-order valence-electron chi connectivity index (χ4n) is 4.66. The molecule has 0 spiro atoms. The summed E-state index contributed by atoms with van der Waals surface area (Å²) >= 11 is 0. The number of guanidine groups is 1. The topological polar surface area (TPSA) is 79.0 Å². The molecular formula is C26H31FN4O2. The molecule has 3 atom stereocenters. The third-order valence-electron chi connectivity index (χ3n) is 7.14. The SMILES string of the molecule is CC(c1cccc(N2CC(c3cccc(F)c3)CC2=O)c1)N1C(=O)CC(C)(C(C)C)N=C1N. The lowest BCUT2D eigenvalue weighted by Crippen LogP contribution is -2.52. The van der Waals surface area contributed by atoms with Crippen molar-refractivity contribution in [2.24, 2.45) is 16.6 Å². The van der Waals surface area contributed by atoms with Gasteiger partial charge in [-0.2, -0.15) is 0 Å². The van der Waals surface area contributed by atoms with Crippen molar-refractivity contribution >= 4 is 23.5 Å². The lowest BCUT2D eigenvalue weighted by atomic mass is 9.84. The standard InChI is InChI=1S/C26H31FN4O2/c1-16(2)26(4)14-24(33)31(25(28)29-26)17(3)18-7-6-10-22(12-18)30-15-20(13-23(30)32)19-8-5-9-21(27)11-19/h5-12,16-17,20H,13-15H2,1-4H3,(H2,28,29). The maximum absolute atomic E-state index is 13.7. The Hall–Kier alpha value is -3.22. The number of halogens is 1. The highest BCUT2D eigenvalue weighted by molar-refractivity contribution is 6.00. The van der Waals surface area contributed by atoms with Crippen LogP contribution in [0.4, 0.5) is 10.1 Å². The number of hydrogen-bond acceptors (Lipinski definition) is 4. The average molecular weight is 451 g/mol. The summed E-state index contributed by atoms with van der Waals surface area (Å²) in [5.74, 6) is -0.00337. The van der Waals surface area contributed by atoms with E-state index in [1.807, 2.05) is 58.0 Å². The molecule has 2 aromatic rings. The molecule has 0 saturated carbocycles. The summed E-state index contributed by atoms with van der Waals surface area (Å²) < 4.78 is 13.7. The summed E-state index contributed by atoms with van der Waals surface area (Å²) in [5.41, 5.74) is 8.21. The van der Waals surface area contributed by atoms with Gasteiger partial charge in [0.25, 0.3) is 0 Å². The molecule has 6 nitrogen and oxygen atoms in total. The van der Waals surface area contributed by atoms with E-state index in [0.717, 1.165) is 16.8 Å². The molecule has 1 fully saturated rings. The molecule has 2 aliphatic heterocycles. The molecule has 2 heterocycles. The molecule has 0 aromatic heterocycles. The van der Waals surface area contributed by atoms with Crippen LogP contribution >= 0.6 is 0 Å². The minimum atomic E-state index is -0.507. The summed E-state index contributed by atoms with van der Waals surface area (Å²) in [7, 11) is 0. The van der Waals surface area contributed by atoms with Crippen molar-refractivity contribution in [2.75, 3.05) is 11.4 Å². The van der Waals surface area contributed by atoms with Gasteiger partial charge < -0.3 is 10.6 Å². The average Bonchev–Trinajstić information content (AvgIpc) is 3.15. The van der Waals surface area contributed by atoms with Crippen molar-refractivity contribution in [3.05, 3.63) is 65.5 Å². The molecule has 0 radical (unpaired) electrons. The molecule has 0 aliphatic carbocycles. The van der Waals surface area contributed by atoms with E-state index in [2.05, 4.69) is 4.99 Å². The highest BCUT2D eigenvalue weighted by Crippen LogP contribution is 2.36. The predicted molar refractivity (Wildman–Crippen MR) is 127 cm³/mol. The van der Waals surface area contributed by atoms with Crippen LogP contribution in [0, 0.1) is 11.7 Å². The molecular weight excluding hydrogens is 419 g/mol. The minimum Gasteiger partial charge on any atom is -0.369 e. The van der Waals surface area contributed by atoms with Gasteiger partial charge >= 0.3 is 0 Å². The summed E-state index contributed by atoms with van der Waals surface area (Å²) in [5, 5.41) is 0. The van der Waals surface area contributed by atoms with E-state index in [1.54, 1.807) is 15.9 Å². The summed E-state index contributed by atoms with van der Waals surface area (Å²) in [6, 6.07) is 13.7. The number of amides is 2. The van der Waals surface area contributed by atoms with Crippen molar-refractivity contribution < 1.29 is 14.0 Å². The van der Waals surface area contributed by atoms with E-state index in [4.69, 9.17) is 5.73 Å². The van der Waals surface area contributed by atoms with Gasteiger partial charge in [0.2, 0.25) is 11.8 Å². The van der Waals surface area contributed by atoms with Gasteiger partial charge in [0.1, 0.15) is 5.82 Å². The number of carbonyl (C=O) groups is 2. The Morgan fingerprint density at radius 1 is 1.09 bits per heavy atom. The summed E-state index contributed by atoms with van der Waals surface area (Å²) in [6.07, 6.45) is 0.635. The van der Waals surface area contributed by atoms with Crippen LogP contribution < -0.4 is 10.6 Å². The Kier molecular flexibility index (Phi) is 5.99. The first-order valence-electron chi connectivity index (χ1n) is 11.4. The van der Waals surface area contributed by atoms with Crippen LogP contribution in [0.15, 0.2) is 53.5 Å². The number of carbonyl (C=O) groups excluding carboxylic acids is 2. The smallest absolute Gasteiger partial charge is 0.232 e. The number of nitrogens with zero attached hydrogens (tertiary/aromatic N) is 3. The van der Waals surface area contributed by atoms with Crippen LogP contribution in [0.25, 0.3) is 0 Å². The number of nitrogens with two attached hydrogens (primary N) is 1. The van der Waals surface area contributed by atoms with Crippen molar-refractivity contribution in [3.8, 4) is 0 Å². The summed E-state index contributed by atoms with van der Waals surface area (Å²) in [6.45, 7) is 8.44. The lowest BCUT2D eigenvalue weighted by Gasteiger charge is -2.40. The van der Waals surface area contributed by atoms with Crippen LogP contribution in [0.1, 0.15) is 63.6 Å². The number of aliphatic imine (C=N–C) groups is 1. The molecule has 1 saturated heterocycles. The van der Waals surface area contributed by atoms with Gasteiger partial charge in [-0.15, -0.1) is 0 Å². The second kappa shape index (κ2) is 8.61. The molecule has 2 aliphatic rings. The van der Waals surface area contributed by atoms with Crippen molar-refractivity contribution in [1.29, 1.82) is 0 Å². The molecule has 3 unspecified atom stereocenters. The second-order valence-corrected chi connectivity index (χ2v) is 9.65. The van der Waals surface area contributed by atoms with Gasteiger partial charge in [0.15, 0.2) is 5.96 Å². The van der Waals surface area contributed by atoms with Gasteiger partial charge in [-0.3, -0.25) is 14.5 Å². The fourth-order valence-corrected chi connectivity index (χ4v) is 4.66. The normalized spacial score (nSPS) is 24.4. The first kappa shape index (κ1) is 23.0. The largest absolute Gasteiger partial charge is 0.369 e. The van der Waals surface area contributed by atoms with E-state index in [1.165, 1.54) is 12.1 Å². The first-order chi connectivity index (χ1) is 15.6. The molecule has 2 N–H and O–H groups in total.